The fourth-order valence-corrected chi connectivity index (χ4v) is 2.26. The minimum atomic E-state index is -0.159. The van der Waals surface area contributed by atoms with E-state index in [1.807, 2.05) is 31.2 Å². The molecule has 0 bridgehead atoms. The van der Waals surface area contributed by atoms with Crippen LogP contribution in [0.1, 0.15) is 12.0 Å². The van der Waals surface area contributed by atoms with Crippen molar-refractivity contribution in [1.29, 1.82) is 0 Å². The summed E-state index contributed by atoms with van der Waals surface area (Å²) in [6.07, 6.45) is 0.509. The second kappa shape index (κ2) is 6.41. The van der Waals surface area contributed by atoms with Crippen LogP contribution in [-0.4, -0.2) is 43.5 Å². The molecule has 1 saturated heterocycles. The van der Waals surface area contributed by atoms with Gasteiger partial charge in [0.05, 0.1) is 0 Å². The van der Waals surface area contributed by atoms with Gasteiger partial charge in [0.2, 0.25) is 5.91 Å². The van der Waals surface area contributed by atoms with E-state index in [-0.39, 0.29) is 24.3 Å². The Kier molecular flexibility index (Phi) is 4.61. The van der Waals surface area contributed by atoms with Crippen molar-refractivity contribution in [2.24, 2.45) is 5.92 Å². The number of amides is 2. The molecule has 1 N–H and O–H groups in total. The van der Waals surface area contributed by atoms with Crippen LogP contribution in [0.25, 0.3) is 0 Å². The first-order chi connectivity index (χ1) is 9.54. The van der Waals surface area contributed by atoms with Crippen LogP contribution in [0.2, 0.25) is 0 Å². The predicted molar refractivity (Wildman–Crippen MR) is 75.4 cm³/mol. The van der Waals surface area contributed by atoms with E-state index in [1.165, 1.54) is 0 Å². The maximum Gasteiger partial charge on any atom is 0.257 e. The number of aryl methyl sites for hydroxylation is 1. The van der Waals surface area contributed by atoms with E-state index < -0.39 is 0 Å². The molecule has 2 rings (SSSR count). The lowest BCUT2D eigenvalue weighted by atomic mass is 10.1. The highest BCUT2D eigenvalue weighted by Crippen LogP contribution is 2.15. The summed E-state index contributed by atoms with van der Waals surface area (Å²) in [5.74, 6) is 0.875. The number of likely N-dealkylation sites (tertiary alicyclic amines) is 1. The van der Waals surface area contributed by atoms with Crippen molar-refractivity contribution < 1.29 is 14.3 Å². The smallest absolute Gasteiger partial charge is 0.257 e. The number of benzene rings is 1. The number of ether oxygens (including phenoxy) is 1. The highest BCUT2D eigenvalue weighted by molar-refractivity contribution is 5.79. The summed E-state index contributed by atoms with van der Waals surface area (Å²) < 4.78 is 5.42. The molecule has 0 aliphatic carbocycles. The van der Waals surface area contributed by atoms with Crippen molar-refractivity contribution in [3.05, 3.63) is 29.8 Å². The van der Waals surface area contributed by atoms with Gasteiger partial charge in [-0.15, -0.1) is 0 Å². The van der Waals surface area contributed by atoms with Crippen LogP contribution in [0.4, 0.5) is 0 Å². The SMILES string of the molecule is Cc1cccc(OCC(=O)NCC2CC(=O)N(C)C2)c1. The van der Waals surface area contributed by atoms with Crippen LogP contribution >= 0.6 is 0 Å². The van der Waals surface area contributed by atoms with Gasteiger partial charge < -0.3 is 15.0 Å². The Morgan fingerprint density at radius 1 is 1.50 bits per heavy atom. The molecule has 1 fully saturated rings. The Morgan fingerprint density at radius 3 is 2.95 bits per heavy atom. The Hall–Kier alpha value is -2.04. The Bertz CT molecular complexity index is 502. The van der Waals surface area contributed by atoms with Crippen molar-refractivity contribution in [3.8, 4) is 5.75 Å². The van der Waals surface area contributed by atoms with Crippen LogP contribution in [0.3, 0.4) is 0 Å². The summed E-state index contributed by atoms with van der Waals surface area (Å²) in [7, 11) is 1.78. The average molecular weight is 276 g/mol. The minimum Gasteiger partial charge on any atom is -0.484 e. The largest absolute Gasteiger partial charge is 0.484 e. The van der Waals surface area contributed by atoms with Gasteiger partial charge in [-0.1, -0.05) is 12.1 Å². The van der Waals surface area contributed by atoms with E-state index in [9.17, 15) is 9.59 Å². The first-order valence-corrected chi connectivity index (χ1v) is 6.74. The zero-order chi connectivity index (χ0) is 14.5. The van der Waals surface area contributed by atoms with E-state index in [0.29, 0.717) is 25.3 Å². The first-order valence-electron chi connectivity index (χ1n) is 6.74. The quantitative estimate of drug-likeness (QED) is 0.871. The molecule has 1 aromatic rings. The molecule has 0 aromatic heterocycles. The molecule has 0 saturated carbocycles. The van der Waals surface area contributed by atoms with E-state index in [0.717, 1.165) is 5.56 Å². The monoisotopic (exact) mass is 276 g/mol. The number of nitrogens with zero attached hydrogens (tertiary/aromatic N) is 1. The molecular formula is C15H20N2O3. The second-order valence-electron chi connectivity index (χ2n) is 5.25. The highest BCUT2D eigenvalue weighted by Gasteiger charge is 2.26. The lowest BCUT2D eigenvalue weighted by molar-refractivity contribution is -0.126. The third kappa shape index (κ3) is 3.98. The Morgan fingerprint density at radius 2 is 2.30 bits per heavy atom. The van der Waals surface area contributed by atoms with E-state index >= 15 is 0 Å². The first kappa shape index (κ1) is 14.4. The summed E-state index contributed by atoms with van der Waals surface area (Å²) in [6.45, 7) is 3.20. The van der Waals surface area contributed by atoms with Crippen molar-refractivity contribution >= 4 is 11.8 Å². The van der Waals surface area contributed by atoms with Crippen LogP contribution in [-0.2, 0) is 9.59 Å². The molecule has 1 aliphatic heterocycles. The molecule has 0 spiro atoms. The molecule has 5 heteroatoms. The number of nitrogens with one attached hydrogen (secondary N) is 1. The summed E-state index contributed by atoms with van der Waals surface area (Å²) in [5.41, 5.74) is 1.09. The predicted octanol–water partition coefficient (Wildman–Crippen LogP) is 0.968. The minimum absolute atomic E-state index is 0.0000406. The topological polar surface area (TPSA) is 58.6 Å². The molecule has 1 heterocycles. The van der Waals surface area contributed by atoms with Crippen molar-refractivity contribution in [3.63, 3.8) is 0 Å². The van der Waals surface area contributed by atoms with Crippen LogP contribution in [0.15, 0.2) is 24.3 Å². The molecule has 108 valence electrons. The average Bonchev–Trinajstić information content (AvgIpc) is 2.73. The van der Waals surface area contributed by atoms with Gasteiger partial charge in [0, 0.05) is 32.5 Å². The number of rotatable bonds is 5. The van der Waals surface area contributed by atoms with Gasteiger partial charge in [0.15, 0.2) is 6.61 Å². The van der Waals surface area contributed by atoms with Gasteiger partial charge >= 0.3 is 0 Å². The fraction of sp³-hybridized carbons (Fsp3) is 0.467. The summed E-state index contributed by atoms with van der Waals surface area (Å²) in [6, 6.07) is 7.58. The molecule has 20 heavy (non-hydrogen) atoms. The number of hydrogen-bond acceptors (Lipinski definition) is 3. The van der Waals surface area contributed by atoms with Crippen LogP contribution in [0.5, 0.6) is 5.75 Å². The maximum atomic E-state index is 11.7. The third-order valence-electron chi connectivity index (χ3n) is 3.37. The highest BCUT2D eigenvalue weighted by atomic mass is 16.5. The lowest BCUT2D eigenvalue weighted by Crippen LogP contribution is -2.33. The molecule has 1 atom stereocenters. The van der Waals surface area contributed by atoms with Gasteiger partial charge in [-0.05, 0) is 24.6 Å². The lowest BCUT2D eigenvalue weighted by Gasteiger charge is -2.12. The third-order valence-corrected chi connectivity index (χ3v) is 3.37. The number of carbonyl (C=O) groups is 2. The Labute approximate surface area is 118 Å². The van der Waals surface area contributed by atoms with E-state index in [4.69, 9.17) is 4.74 Å². The van der Waals surface area contributed by atoms with E-state index in [1.54, 1.807) is 11.9 Å². The van der Waals surface area contributed by atoms with Gasteiger partial charge in [-0.2, -0.15) is 0 Å². The van der Waals surface area contributed by atoms with Crippen LogP contribution < -0.4 is 10.1 Å². The van der Waals surface area contributed by atoms with Gasteiger partial charge in [-0.25, -0.2) is 0 Å². The molecule has 1 aliphatic rings. The summed E-state index contributed by atoms with van der Waals surface area (Å²) in [4.78, 5) is 24.7. The van der Waals surface area contributed by atoms with E-state index in [2.05, 4.69) is 5.32 Å². The zero-order valence-electron chi connectivity index (χ0n) is 11.9. The van der Waals surface area contributed by atoms with Crippen LogP contribution in [0, 0.1) is 12.8 Å². The molecular weight excluding hydrogens is 256 g/mol. The summed E-state index contributed by atoms with van der Waals surface area (Å²) in [5, 5.41) is 2.81. The van der Waals surface area contributed by atoms with Crippen molar-refractivity contribution in [2.45, 2.75) is 13.3 Å². The van der Waals surface area contributed by atoms with Crippen molar-refractivity contribution in [1.82, 2.24) is 10.2 Å². The molecule has 2 amide bonds. The van der Waals surface area contributed by atoms with Gasteiger partial charge in [-0.3, -0.25) is 9.59 Å². The number of carbonyl (C=O) groups excluding carboxylic acids is 2. The normalized spacial score (nSPS) is 18.2. The molecule has 0 radical (unpaired) electrons. The Balaban J connectivity index is 1.70. The maximum absolute atomic E-state index is 11.7. The summed E-state index contributed by atoms with van der Waals surface area (Å²) >= 11 is 0. The standard InChI is InChI=1S/C15H20N2O3/c1-11-4-3-5-13(6-11)20-10-14(18)16-8-12-7-15(19)17(2)9-12/h3-6,12H,7-10H2,1-2H3,(H,16,18). The molecule has 1 unspecified atom stereocenters. The number of hydrogen-bond donors (Lipinski definition) is 1. The fourth-order valence-electron chi connectivity index (χ4n) is 2.26. The molecule has 5 nitrogen and oxygen atoms in total. The van der Waals surface area contributed by atoms with Gasteiger partial charge in [0.1, 0.15) is 5.75 Å². The zero-order valence-corrected chi connectivity index (χ0v) is 11.9. The second-order valence-corrected chi connectivity index (χ2v) is 5.25. The molecule has 1 aromatic carbocycles. The van der Waals surface area contributed by atoms with Gasteiger partial charge in [0.25, 0.3) is 5.91 Å². The van der Waals surface area contributed by atoms with Crippen molar-refractivity contribution in [2.75, 3.05) is 26.7 Å².